The Bertz CT molecular complexity index is 1270. The maximum absolute atomic E-state index is 13.8. The van der Waals surface area contributed by atoms with E-state index >= 15 is 0 Å². The third-order valence-corrected chi connectivity index (χ3v) is 7.36. The van der Waals surface area contributed by atoms with Gasteiger partial charge < -0.3 is 5.11 Å². The maximum Gasteiger partial charge on any atom is 0.269 e. The Morgan fingerprint density at radius 2 is 1.44 bits per heavy atom. The molecule has 4 aliphatic rings. The largest absolute Gasteiger partial charge is 0.395 e. The van der Waals surface area contributed by atoms with Crippen LogP contribution in [0, 0.1) is 22.0 Å². The van der Waals surface area contributed by atoms with Crippen molar-refractivity contribution in [3.8, 4) is 0 Å². The lowest BCUT2D eigenvalue weighted by Gasteiger charge is -2.53. The van der Waals surface area contributed by atoms with E-state index in [-0.39, 0.29) is 30.0 Å². The molecule has 1 aliphatic heterocycles. The summed E-state index contributed by atoms with van der Waals surface area (Å²) in [4.78, 5) is 39.2. The van der Waals surface area contributed by atoms with Gasteiger partial charge in [0.25, 0.3) is 5.69 Å². The summed E-state index contributed by atoms with van der Waals surface area (Å²) in [7, 11) is 0. The Balaban J connectivity index is 1.58. The Labute approximate surface area is 183 Å². The number of nitro benzene ring substituents is 1. The van der Waals surface area contributed by atoms with Gasteiger partial charge in [-0.15, -0.1) is 0 Å². The molecule has 2 amide bonds. The quantitative estimate of drug-likeness (QED) is 0.394. The SMILES string of the molecule is O=C1C2C3c4ccccc4C(CO)(c4ccccc43)C2C(=O)N1c1ccc([N+](=O)[O-])cc1. The first-order valence-electron chi connectivity index (χ1n) is 10.4. The lowest BCUT2D eigenvalue weighted by Crippen LogP contribution is -2.55. The predicted molar refractivity (Wildman–Crippen MR) is 115 cm³/mol. The van der Waals surface area contributed by atoms with Crippen molar-refractivity contribution in [2.45, 2.75) is 11.3 Å². The van der Waals surface area contributed by atoms with Gasteiger partial charge in [-0.2, -0.15) is 0 Å². The van der Waals surface area contributed by atoms with Crippen molar-refractivity contribution < 1.29 is 19.6 Å². The van der Waals surface area contributed by atoms with Crippen LogP contribution in [-0.2, 0) is 15.0 Å². The van der Waals surface area contributed by atoms with Gasteiger partial charge in [0.1, 0.15) is 0 Å². The summed E-state index contributed by atoms with van der Waals surface area (Å²) in [5.41, 5.74) is 2.88. The lowest BCUT2D eigenvalue weighted by molar-refractivity contribution is -0.384. The number of aliphatic hydroxyl groups is 1. The van der Waals surface area contributed by atoms with Gasteiger partial charge in [-0.05, 0) is 34.4 Å². The van der Waals surface area contributed by atoms with Crippen LogP contribution in [0.5, 0.6) is 0 Å². The molecule has 3 aromatic rings. The zero-order valence-corrected chi connectivity index (χ0v) is 16.8. The van der Waals surface area contributed by atoms with Crippen LogP contribution in [0.4, 0.5) is 11.4 Å². The number of non-ortho nitro benzene ring substituents is 1. The van der Waals surface area contributed by atoms with Crippen LogP contribution in [0.1, 0.15) is 28.2 Å². The second-order valence-electron chi connectivity index (χ2n) is 8.57. The van der Waals surface area contributed by atoms with Crippen LogP contribution in [0.25, 0.3) is 0 Å². The lowest BCUT2D eigenvalue weighted by atomic mass is 9.47. The van der Waals surface area contributed by atoms with Crippen molar-refractivity contribution >= 4 is 23.2 Å². The molecule has 32 heavy (non-hydrogen) atoms. The average Bonchev–Trinajstić information content (AvgIpc) is 3.10. The van der Waals surface area contributed by atoms with Crippen molar-refractivity contribution in [2.75, 3.05) is 11.5 Å². The van der Waals surface area contributed by atoms with Crippen LogP contribution in [-0.4, -0.2) is 28.5 Å². The number of benzene rings is 3. The van der Waals surface area contributed by atoms with E-state index in [1.807, 2.05) is 48.5 Å². The number of aliphatic hydroxyl groups excluding tert-OH is 1. The summed E-state index contributed by atoms with van der Waals surface area (Å²) in [6.07, 6.45) is 0. The van der Waals surface area contributed by atoms with E-state index in [0.29, 0.717) is 5.69 Å². The molecule has 7 heteroatoms. The number of carbonyl (C=O) groups is 2. The molecule has 3 aromatic carbocycles. The highest BCUT2D eigenvalue weighted by atomic mass is 16.6. The first kappa shape index (κ1) is 18.9. The smallest absolute Gasteiger partial charge is 0.269 e. The minimum atomic E-state index is -1.02. The second kappa shape index (κ2) is 6.34. The number of imide groups is 1. The zero-order valence-electron chi connectivity index (χ0n) is 16.8. The number of nitrogens with zero attached hydrogens (tertiary/aromatic N) is 2. The van der Waals surface area contributed by atoms with Crippen molar-refractivity contribution in [3.63, 3.8) is 0 Å². The molecule has 7 nitrogen and oxygen atoms in total. The molecule has 1 N–H and O–H groups in total. The van der Waals surface area contributed by atoms with Gasteiger partial charge in [0.05, 0.1) is 34.5 Å². The summed E-state index contributed by atoms with van der Waals surface area (Å²) in [6.45, 7) is -0.304. The fourth-order valence-corrected chi connectivity index (χ4v) is 6.18. The Hall–Kier alpha value is -3.84. The number of amides is 2. The molecule has 0 spiro atoms. The van der Waals surface area contributed by atoms with Crippen LogP contribution < -0.4 is 4.90 Å². The van der Waals surface area contributed by atoms with Crippen LogP contribution in [0.3, 0.4) is 0 Å². The Morgan fingerprint density at radius 1 is 0.875 bits per heavy atom. The van der Waals surface area contributed by atoms with Gasteiger partial charge in [-0.25, -0.2) is 4.90 Å². The molecular weight excluding hydrogens is 408 g/mol. The number of rotatable bonds is 3. The van der Waals surface area contributed by atoms with Gasteiger partial charge in [-0.3, -0.25) is 19.7 Å². The van der Waals surface area contributed by atoms with Crippen molar-refractivity contribution in [3.05, 3.63) is 105 Å². The molecule has 2 atom stereocenters. The van der Waals surface area contributed by atoms with Gasteiger partial charge in [0.15, 0.2) is 0 Å². The van der Waals surface area contributed by atoms with Crippen molar-refractivity contribution in [2.24, 2.45) is 11.8 Å². The molecule has 1 saturated heterocycles. The van der Waals surface area contributed by atoms with E-state index in [2.05, 4.69) is 0 Å². The molecule has 7 rings (SSSR count). The standard InChI is InChI=1S/C25H18N2O5/c28-13-25-18-7-3-1-5-16(18)20(17-6-2-4-8-19(17)25)21-22(25)24(30)26(23(21)29)14-9-11-15(12-10-14)27(31)32/h1-12,20-22,28H,13H2. The minimum absolute atomic E-state index is 0.114. The molecule has 0 radical (unpaired) electrons. The van der Waals surface area contributed by atoms with E-state index in [4.69, 9.17) is 0 Å². The Morgan fingerprint density at radius 3 is 1.97 bits per heavy atom. The maximum atomic E-state index is 13.8. The van der Waals surface area contributed by atoms with E-state index in [0.717, 1.165) is 27.2 Å². The van der Waals surface area contributed by atoms with Gasteiger partial charge in [0.2, 0.25) is 11.8 Å². The highest BCUT2D eigenvalue weighted by Gasteiger charge is 2.68. The summed E-state index contributed by atoms with van der Waals surface area (Å²) in [5, 5.41) is 21.8. The van der Waals surface area contributed by atoms with E-state index < -0.39 is 22.2 Å². The van der Waals surface area contributed by atoms with Crippen molar-refractivity contribution in [1.29, 1.82) is 0 Å². The number of anilines is 1. The fourth-order valence-electron chi connectivity index (χ4n) is 6.18. The summed E-state index contributed by atoms with van der Waals surface area (Å²) in [5.74, 6) is -2.39. The first-order chi connectivity index (χ1) is 15.5. The number of carbonyl (C=O) groups excluding carboxylic acids is 2. The third kappa shape index (κ3) is 2.08. The molecule has 1 fully saturated rings. The van der Waals surface area contributed by atoms with Gasteiger partial charge >= 0.3 is 0 Å². The zero-order chi connectivity index (χ0) is 22.2. The second-order valence-corrected chi connectivity index (χ2v) is 8.57. The fraction of sp³-hybridized carbons (Fsp3) is 0.200. The van der Waals surface area contributed by atoms with Gasteiger partial charge in [0, 0.05) is 18.1 Å². The third-order valence-electron chi connectivity index (χ3n) is 7.36. The van der Waals surface area contributed by atoms with Gasteiger partial charge in [-0.1, -0.05) is 48.5 Å². The summed E-state index contributed by atoms with van der Waals surface area (Å²) < 4.78 is 0. The van der Waals surface area contributed by atoms with E-state index in [9.17, 15) is 24.8 Å². The normalized spacial score (nSPS) is 27.2. The number of nitro groups is 1. The summed E-state index contributed by atoms with van der Waals surface area (Å²) >= 11 is 0. The van der Waals surface area contributed by atoms with Crippen LogP contribution in [0.2, 0.25) is 0 Å². The highest BCUT2D eigenvalue weighted by molar-refractivity contribution is 6.23. The number of hydrogen-bond donors (Lipinski definition) is 1. The molecular formula is C25H18N2O5. The minimum Gasteiger partial charge on any atom is -0.395 e. The number of hydrogen-bond acceptors (Lipinski definition) is 5. The van der Waals surface area contributed by atoms with Crippen LogP contribution in [0.15, 0.2) is 72.8 Å². The molecule has 3 aliphatic carbocycles. The highest BCUT2D eigenvalue weighted by Crippen LogP contribution is 2.64. The molecule has 158 valence electrons. The summed E-state index contributed by atoms with van der Waals surface area (Å²) in [6, 6.07) is 20.9. The average molecular weight is 426 g/mol. The first-order valence-corrected chi connectivity index (χ1v) is 10.4. The topological polar surface area (TPSA) is 101 Å². The van der Waals surface area contributed by atoms with Crippen molar-refractivity contribution in [1.82, 2.24) is 0 Å². The molecule has 2 unspecified atom stereocenters. The predicted octanol–water partition coefficient (Wildman–Crippen LogP) is 3.14. The van der Waals surface area contributed by atoms with E-state index in [1.54, 1.807) is 0 Å². The van der Waals surface area contributed by atoms with Crippen LogP contribution >= 0.6 is 0 Å². The van der Waals surface area contributed by atoms with E-state index in [1.165, 1.54) is 24.3 Å². The Kier molecular flexibility index (Phi) is 3.74. The molecule has 0 saturated carbocycles. The molecule has 2 bridgehead atoms. The molecule has 1 heterocycles. The monoisotopic (exact) mass is 426 g/mol. The molecule has 0 aromatic heterocycles.